The number of para-hydroxylation sites is 1. The summed E-state index contributed by atoms with van der Waals surface area (Å²) in [5.74, 6) is -1.44. The van der Waals surface area contributed by atoms with Crippen LogP contribution >= 0.6 is 0 Å². The quantitative estimate of drug-likeness (QED) is 0.233. The molecule has 0 bridgehead atoms. The lowest BCUT2D eigenvalue weighted by Crippen LogP contribution is -2.10. The molecule has 0 amide bonds. The maximum absolute atomic E-state index is 11.8. The van der Waals surface area contributed by atoms with Crippen molar-refractivity contribution < 1.29 is 19.4 Å². The van der Waals surface area contributed by atoms with E-state index >= 15 is 0 Å². The van der Waals surface area contributed by atoms with Gasteiger partial charge in [0.15, 0.2) is 0 Å². The molecule has 0 spiro atoms. The number of hydrogen-bond acceptors (Lipinski definition) is 3. The summed E-state index contributed by atoms with van der Waals surface area (Å²) in [5.41, 5.74) is -0.00753. The van der Waals surface area contributed by atoms with Crippen molar-refractivity contribution in [1.82, 2.24) is 0 Å². The summed E-state index contributed by atoms with van der Waals surface area (Å²) in [6.07, 6.45) is 18.8. The van der Waals surface area contributed by atoms with Gasteiger partial charge in [0.05, 0.1) is 0 Å². The van der Waals surface area contributed by atoms with Gasteiger partial charge >= 0.3 is 11.9 Å². The van der Waals surface area contributed by atoms with E-state index in [-0.39, 0.29) is 17.7 Å². The summed E-state index contributed by atoms with van der Waals surface area (Å²) in [5, 5.41) is 9.05. The fourth-order valence-electron chi connectivity index (χ4n) is 2.12. The second-order valence-corrected chi connectivity index (χ2v) is 5.58. The highest BCUT2D eigenvalue weighted by Crippen LogP contribution is 2.18. The number of unbranched alkanes of at least 4 members (excludes halogenated alkanes) is 1. The first-order valence-electron chi connectivity index (χ1n) is 8.74. The number of carbonyl (C=O) groups excluding carboxylic acids is 1. The minimum Gasteiger partial charge on any atom is -0.478 e. The van der Waals surface area contributed by atoms with Gasteiger partial charge in [-0.25, -0.2) is 4.79 Å². The van der Waals surface area contributed by atoms with Gasteiger partial charge in [0.1, 0.15) is 11.3 Å². The number of ether oxygens (including phenoxy) is 1. The highest BCUT2D eigenvalue weighted by atomic mass is 16.5. The van der Waals surface area contributed by atoms with E-state index in [1.54, 1.807) is 12.1 Å². The summed E-state index contributed by atoms with van der Waals surface area (Å²) in [6, 6.07) is 6.13. The van der Waals surface area contributed by atoms with Crippen LogP contribution in [-0.4, -0.2) is 17.0 Å². The van der Waals surface area contributed by atoms with Gasteiger partial charge in [-0.1, -0.05) is 54.7 Å². The second-order valence-electron chi connectivity index (χ2n) is 5.58. The zero-order chi connectivity index (χ0) is 19.0. The number of esters is 1. The standard InChI is InChI=1S/C22H26O4/c1-2-3-4-5-6-7-8-9-10-11-12-13-18-21(23)26-20-17-15-14-16-19(20)22(24)25/h2,4-5,7-8,10-11,14-17H,1,3,6,9,12-13,18H2,(H,24,25)/b5-4+,8-7+,11-10+. The normalized spacial score (nSPS) is 11.4. The zero-order valence-electron chi connectivity index (χ0n) is 15.0. The minimum absolute atomic E-state index is 0.00753. The zero-order valence-corrected chi connectivity index (χ0v) is 15.0. The van der Waals surface area contributed by atoms with Gasteiger partial charge in [-0.05, 0) is 44.2 Å². The molecule has 1 aromatic rings. The molecule has 0 fully saturated rings. The molecule has 0 aliphatic heterocycles. The van der Waals surface area contributed by atoms with Gasteiger partial charge < -0.3 is 9.84 Å². The van der Waals surface area contributed by atoms with Crippen LogP contribution < -0.4 is 4.74 Å². The Balaban J connectivity index is 2.19. The molecule has 0 heterocycles. The van der Waals surface area contributed by atoms with Gasteiger partial charge in [0, 0.05) is 6.42 Å². The highest BCUT2D eigenvalue weighted by molar-refractivity contribution is 5.91. The average Bonchev–Trinajstić information content (AvgIpc) is 2.63. The van der Waals surface area contributed by atoms with Crippen molar-refractivity contribution in [3.63, 3.8) is 0 Å². The third kappa shape index (κ3) is 9.42. The molecule has 1 rings (SSSR count). The van der Waals surface area contributed by atoms with Crippen molar-refractivity contribution in [2.45, 2.75) is 38.5 Å². The first-order chi connectivity index (χ1) is 12.6. The Bertz CT molecular complexity index is 668. The van der Waals surface area contributed by atoms with Crippen LogP contribution in [0, 0.1) is 0 Å². The molecule has 4 nitrogen and oxygen atoms in total. The van der Waals surface area contributed by atoms with E-state index in [1.807, 2.05) is 12.2 Å². The van der Waals surface area contributed by atoms with E-state index in [1.165, 1.54) is 12.1 Å². The molecule has 138 valence electrons. The van der Waals surface area contributed by atoms with Gasteiger partial charge in [-0.3, -0.25) is 4.79 Å². The number of rotatable bonds is 12. The maximum Gasteiger partial charge on any atom is 0.339 e. The van der Waals surface area contributed by atoms with Gasteiger partial charge in [0.25, 0.3) is 0 Å². The van der Waals surface area contributed by atoms with E-state index in [0.717, 1.165) is 25.7 Å². The summed E-state index contributed by atoms with van der Waals surface area (Å²) in [7, 11) is 0. The van der Waals surface area contributed by atoms with Crippen LogP contribution in [0.2, 0.25) is 0 Å². The fraction of sp³-hybridized carbons (Fsp3) is 0.273. The lowest BCUT2D eigenvalue weighted by atomic mass is 10.2. The van der Waals surface area contributed by atoms with Crippen LogP contribution in [0.15, 0.2) is 73.4 Å². The Morgan fingerprint density at radius 1 is 0.962 bits per heavy atom. The molecule has 0 saturated heterocycles. The average molecular weight is 354 g/mol. The summed E-state index contributed by atoms with van der Waals surface area (Å²) in [4.78, 5) is 22.9. The molecule has 0 aliphatic carbocycles. The predicted octanol–water partition coefficient (Wildman–Crippen LogP) is 5.49. The number of allylic oxidation sites excluding steroid dienone is 7. The Kier molecular flexibility index (Phi) is 10.9. The van der Waals surface area contributed by atoms with Crippen molar-refractivity contribution in [3.8, 4) is 5.75 Å². The van der Waals surface area contributed by atoms with Crippen LogP contribution in [0.4, 0.5) is 0 Å². The number of benzene rings is 1. The summed E-state index contributed by atoms with van der Waals surface area (Å²) >= 11 is 0. The van der Waals surface area contributed by atoms with E-state index in [9.17, 15) is 9.59 Å². The lowest BCUT2D eigenvalue weighted by Gasteiger charge is -2.06. The molecule has 1 aromatic carbocycles. The number of carboxylic acid groups (broad SMARTS) is 1. The molecular weight excluding hydrogens is 328 g/mol. The number of carboxylic acids is 1. The molecule has 1 N–H and O–H groups in total. The first-order valence-corrected chi connectivity index (χ1v) is 8.74. The van der Waals surface area contributed by atoms with Crippen LogP contribution in [0.25, 0.3) is 0 Å². The number of carbonyl (C=O) groups is 2. The van der Waals surface area contributed by atoms with E-state index in [0.29, 0.717) is 6.42 Å². The van der Waals surface area contributed by atoms with Crippen LogP contribution in [-0.2, 0) is 4.79 Å². The predicted molar refractivity (Wildman–Crippen MR) is 104 cm³/mol. The summed E-state index contributed by atoms with van der Waals surface area (Å²) < 4.78 is 5.14. The SMILES string of the molecule is C=CC/C=C/C/C=C/C/C=C/CCCC(=O)Oc1ccccc1C(=O)O. The first kappa shape index (κ1) is 21.2. The molecule has 0 aromatic heterocycles. The lowest BCUT2D eigenvalue weighted by molar-refractivity contribution is -0.134. The monoisotopic (exact) mass is 354 g/mol. The van der Waals surface area contributed by atoms with Gasteiger partial charge in [0.2, 0.25) is 0 Å². The molecule has 0 atom stereocenters. The van der Waals surface area contributed by atoms with E-state index < -0.39 is 11.9 Å². The molecule has 0 unspecified atom stereocenters. The number of hydrogen-bond donors (Lipinski definition) is 1. The molecule has 4 heteroatoms. The summed E-state index contributed by atoms with van der Waals surface area (Å²) in [6.45, 7) is 3.65. The van der Waals surface area contributed by atoms with Gasteiger partial charge in [-0.2, -0.15) is 0 Å². The Labute approximate surface area is 155 Å². The number of aromatic carboxylic acids is 1. The highest BCUT2D eigenvalue weighted by Gasteiger charge is 2.13. The van der Waals surface area contributed by atoms with E-state index in [2.05, 4.69) is 37.0 Å². The molecular formula is C22H26O4. The Morgan fingerprint density at radius 3 is 2.23 bits per heavy atom. The molecule has 0 radical (unpaired) electrons. The third-order valence-electron chi connectivity index (χ3n) is 3.44. The Hall–Kier alpha value is -2.88. The smallest absolute Gasteiger partial charge is 0.339 e. The Morgan fingerprint density at radius 2 is 1.58 bits per heavy atom. The maximum atomic E-state index is 11.8. The van der Waals surface area contributed by atoms with Crippen molar-refractivity contribution in [2.24, 2.45) is 0 Å². The molecule has 26 heavy (non-hydrogen) atoms. The van der Waals surface area contributed by atoms with E-state index in [4.69, 9.17) is 9.84 Å². The van der Waals surface area contributed by atoms with Crippen molar-refractivity contribution in [1.29, 1.82) is 0 Å². The molecule has 0 saturated carbocycles. The minimum atomic E-state index is -1.11. The van der Waals surface area contributed by atoms with Crippen molar-refractivity contribution >= 4 is 11.9 Å². The van der Waals surface area contributed by atoms with Crippen LogP contribution in [0.3, 0.4) is 0 Å². The topological polar surface area (TPSA) is 63.6 Å². The van der Waals surface area contributed by atoms with Gasteiger partial charge in [-0.15, -0.1) is 6.58 Å². The molecule has 0 aliphatic rings. The second kappa shape index (κ2) is 13.4. The van der Waals surface area contributed by atoms with Crippen LogP contribution in [0.5, 0.6) is 5.75 Å². The van der Waals surface area contributed by atoms with Crippen molar-refractivity contribution in [3.05, 3.63) is 78.9 Å². The largest absolute Gasteiger partial charge is 0.478 e. The fourth-order valence-corrected chi connectivity index (χ4v) is 2.12. The van der Waals surface area contributed by atoms with Crippen molar-refractivity contribution in [2.75, 3.05) is 0 Å². The van der Waals surface area contributed by atoms with Crippen LogP contribution in [0.1, 0.15) is 48.9 Å². The third-order valence-corrected chi connectivity index (χ3v) is 3.44.